The summed E-state index contributed by atoms with van der Waals surface area (Å²) in [5.41, 5.74) is -1.01. The van der Waals surface area contributed by atoms with Gasteiger partial charge in [-0.1, -0.05) is 0 Å². The minimum absolute atomic E-state index is 0.00825. The van der Waals surface area contributed by atoms with Gasteiger partial charge in [-0.2, -0.15) is 0 Å². The largest absolute Gasteiger partial charge is 0.444 e. The van der Waals surface area contributed by atoms with E-state index >= 15 is 0 Å². The van der Waals surface area contributed by atoms with Crippen molar-refractivity contribution in [3.05, 3.63) is 0 Å². The van der Waals surface area contributed by atoms with Gasteiger partial charge in [-0.3, -0.25) is 9.89 Å². The van der Waals surface area contributed by atoms with Crippen molar-refractivity contribution >= 4 is 12.1 Å². The zero-order valence-electron chi connectivity index (χ0n) is 18.4. The third kappa shape index (κ3) is 9.28. The van der Waals surface area contributed by atoms with Crippen LogP contribution in [0.15, 0.2) is 4.99 Å². The molecule has 1 saturated heterocycles. The molecule has 8 nitrogen and oxygen atoms in total. The van der Waals surface area contributed by atoms with Gasteiger partial charge in [0.2, 0.25) is 0 Å². The van der Waals surface area contributed by atoms with E-state index in [4.69, 9.17) is 9.47 Å². The molecular weight excluding hydrogens is 346 g/mol. The quantitative estimate of drug-likeness (QED) is 0.475. The summed E-state index contributed by atoms with van der Waals surface area (Å²) < 4.78 is 10.8. The van der Waals surface area contributed by atoms with E-state index in [9.17, 15) is 4.79 Å². The topological polar surface area (TPSA) is 87.2 Å². The van der Waals surface area contributed by atoms with Crippen LogP contribution in [-0.4, -0.2) is 80.1 Å². The van der Waals surface area contributed by atoms with Crippen molar-refractivity contribution in [2.45, 2.75) is 65.1 Å². The lowest BCUT2D eigenvalue weighted by Crippen LogP contribution is -2.58. The second kappa shape index (κ2) is 9.59. The Morgan fingerprint density at radius 3 is 2.11 bits per heavy atom. The highest BCUT2D eigenvalue weighted by Gasteiger charge is 2.29. The van der Waals surface area contributed by atoms with E-state index in [2.05, 4.69) is 39.7 Å². The van der Waals surface area contributed by atoms with Crippen molar-refractivity contribution < 1.29 is 14.3 Å². The van der Waals surface area contributed by atoms with Crippen molar-refractivity contribution in [3.8, 4) is 0 Å². The molecule has 158 valence electrons. The van der Waals surface area contributed by atoms with E-state index in [1.54, 1.807) is 7.05 Å². The van der Waals surface area contributed by atoms with Crippen molar-refractivity contribution in [3.63, 3.8) is 0 Å². The van der Waals surface area contributed by atoms with Crippen LogP contribution < -0.4 is 16.0 Å². The number of hydrogen-bond donors (Lipinski definition) is 3. The number of rotatable bonds is 6. The lowest BCUT2D eigenvalue weighted by molar-refractivity contribution is -0.00834. The SMILES string of the molecule is CN=C(NCC(C)(C)NC(=O)OC(C)(C)C)NCC(C)(C)N1CCOCC1. The maximum atomic E-state index is 12.0. The number of alkyl carbamates (subject to hydrolysis) is 1. The van der Waals surface area contributed by atoms with E-state index in [-0.39, 0.29) is 5.54 Å². The fraction of sp³-hybridized carbons (Fsp3) is 0.895. The molecule has 0 aromatic carbocycles. The number of guanidine groups is 1. The summed E-state index contributed by atoms with van der Waals surface area (Å²) in [4.78, 5) is 18.7. The molecule has 0 unspecified atom stereocenters. The summed E-state index contributed by atoms with van der Waals surface area (Å²) in [5.74, 6) is 0.704. The van der Waals surface area contributed by atoms with Gasteiger partial charge in [0.1, 0.15) is 5.60 Å². The number of aliphatic imine (C=N–C) groups is 1. The molecule has 8 heteroatoms. The smallest absolute Gasteiger partial charge is 0.408 e. The monoisotopic (exact) mass is 385 g/mol. The highest BCUT2D eigenvalue weighted by atomic mass is 16.6. The number of ether oxygens (including phenoxy) is 2. The number of nitrogens with one attached hydrogen (secondary N) is 3. The Morgan fingerprint density at radius 2 is 1.59 bits per heavy atom. The van der Waals surface area contributed by atoms with E-state index in [0.717, 1.165) is 32.8 Å². The predicted molar refractivity (Wildman–Crippen MR) is 109 cm³/mol. The Kier molecular flexibility index (Phi) is 8.35. The molecule has 0 atom stereocenters. The molecule has 0 aromatic heterocycles. The third-order valence-corrected chi connectivity index (χ3v) is 4.32. The number of carbonyl (C=O) groups excluding carboxylic acids is 1. The average Bonchev–Trinajstić information content (AvgIpc) is 2.53. The van der Waals surface area contributed by atoms with Gasteiger partial charge in [-0.05, 0) is 48.5 Å². The van der Waals surface area contributed by atoms with Crippen LogP contribution in [-0.2, 0) is 9.47 Å². The molecule has 0 bridgehead atoms. The van der Waals surface area contributed by atoms with Crippen LogP contribution in [0.1, 0.15) is 48.5 Å². The maximum absolute atomic E-state index is 12.0. The molecule has 1 aliphatic rings. The van der Waals surface area contributed by atoms with E-state index in [0.29, 0.717) is 12.5 Å². The summed E-state index contributed by atoms with van der Waals surface area (Å²) in [5, 5.41) is 9.55. The molecule has 27 heavy (non-hydrogen) atoms. The summed E-state index contributed by atoms with van der Waals surface area (Å²) in [7, 11) is 1.74. The Morgan fingerprint density at radius 1 is 1.04 bits per heavy atom. The highest BCUT2D eigenvalue weighted by molar-refractivity contribution is 5.80. The number of morpholine rings is 1. The van der Waals surface area contributed by atoms with Gasteiger partial charge in [-0.15, -0.1) is 0 Å². The zero-order valence-corrected chi connectivity index (χ0v) is 18.4. The van der Waals surface area contributed by atoms with Gasteiger partial charge in [0.05, 0.1) is 18.8 Å². The molecular formula is C19H39N5O3. The van der Waals surface area contributed by atoms with Crippen molar-refractivity contribution in [2.24, 2.45) is 4.99 Å². The summed E-state index contributed by atoms with van der Waals surface area (Å²) in [6.07, 6.45) is -0.425. The van der Waals surface area contributed by atoms with Gasteiger partial charge in [0, 0.05) is 38.8 Å². The molecule has 3 N–H and O–H groups in total. The van der Waals surface area contributed by atoms with Crippen molar-refractivity contribution in [1.29, 1.82) is 0 Å². The molecule has 1 fully saturated rings. The Hall–Kier alpha value is -1.54. The van der Waals surface area contributed by atoms with Crippen LogP contribution in [0.4, 0.5) is 4.79 Å². The van der Waals surface area contributed by atoms with Crippen LogP contribution in [0.2, 0.25) is 0 Å². The van der Waals surface area contributed by atoms with Crippen LogP contribution in [0.25, 0.3) is 0 Å². The number of nitrogens with zero attached hydrogens (tertiary/aromatic N) is 2. The fourth-order valence-corrected chi connectivity index (χ4v) is 2.73. The molecule has 0 aliphatic carbocycles. The standard InChI is InChI=1S/C19H39N5O3/c1-17(2,3)27-16(25)23-18(4,5)13-21-15(20-8)22-14-19(6,7)24-9-11-26-12-10-24/h9-14H2,1-8H3,(H,23,25)(H2,20,21,22). The first-order chi connectivity index (χ1) is 12.3. The van der Waals surface area contributed by atoms with Gasteiger partial charge < -0.3 is 25.4 Å². The van der Waals surface area contributed by atoms with Crippen LogP contribution in [0.5, 0.6) is 0 Å². The van der Waals surface area contributed by atoms with Crippen LogP contribution in [0, 0.1) is 0 Å². The lowest BCUT2D eigenvalue weighted by atomic mass is 10.0. The molecule has 0 radical (unpaired) electrons. The first kappa shape index (κ1) is 23.5. The third-order valence-electron chi connectivity index (χ3n) is 4.32. The van der Waals surface area contributed by atoms with E-state index in [1.807, 2.05) is 34.6 Å². The van der Waals surface area contributed by atoms with Crippen molar-refractivity contribution in [1.82, 2.24) is 20.9 Å². The van der Waals surface area contributed by atoms with Gasteiger partial charge >= 0.3 is 6.09 Å². The Labute approximate surface area is 164 Å². The van der Waals surface area contributed by atoms with Crippen LogP contribution >= 0.6 is 0 Å². The molecule has 1 amide bonds. The summed E-state index contributed by atoms with van der Waals surface area (Å²) >= 11 is 0. The second-order valence-electron chi connectivity index (χ2n) is 9.20. The Bertz CT molecular complexity index is 506. The minimum atomic E-state index is -0.518. The Balaban J connectivity index is 2.47. The van der Waals surface area contributed by atoms with Gasteiger partial charge in [0.25, 0.3) is 0 Å². The first-order valence-electron chi connectivity index (χ1n) is 9.63. The normalized spacial score (nSPS) is 17.4. The zero-order chi connectivity index (χ0) is 20.7. The van der Waals surface area contributed by atoms with Crippen LogP contribution in [0.3, 0.4) is 0 Å². The second-order valence-corrected chi connectivity index (χ2v) is 9.20. The fourth-order valence-electron chi connectivity index (χ4n) is 2.73. The summed E-state index contributed by atoms with van der Waals surface area (Å²) in [6.45, 7) is 18.6. The van der Waals surface area contributed by atoms with Crippen molar-refractivity contribution in [2.75, 3.05) is 46.4 Å². The molecule has 0 spiro atoms. The average molecular weight is 386 g/mol. The predicted octanol–water partition coefficient (Wildman–Crippen LogP) is 1.57. The molecule has 1 heterocycles. The number of amides is 1. The van der Waals surface area contributed by atoms with Gasteiger partial charge in [0.15, 0.2) is 5.96 Å². The summed E-state index contributed by atoms with van der Waals surface area (Å²) in [6, 6.07) is 0. The molecule has 1 rings (SSSR count). The lowest BCUT2D eigenvalue weighted by Gasteiger charge is -2.41. The minimum Gasteiger partial charge on any atom is -0.444 e. The van der Waals surface area contributed by atoms with E-state index < -0.39 is 17.2 Å². The maximum Gasteiger partial charge on any atom is 0.408 e. The number of carbonyl (C=O) groups is 1. The number of hydrogen-bond acceptors (Lipinski definition) is 5. The van der Waals surface area contributed by atoms with E-state index in [1.165, 1.54) is 0 Å². The van der Waals surface area contributed by atoms with Gasteiger partial charge in [-0.25, -0.2) is 4.79 Å². The molecule has 0 saturated carbocycles. The molecule has 1 aliphatic heterocycles. The molecule has 0 aromatic rings. The highest BCUT2D eigenvalue weighted by Crippen LogP contribution is 2.15. The first-order valence-corrected chi connectivity index (χ1v) is 9.63.